The molecule has 2 amide bonds. The zero-order valence-electron chi connectivity index (χ0n) is 18.8. The molecule has 1 saturated heterocycles. The topological polar surface area (TPSA) is 55.9 Å². The van der Waals surface area contributed by atoms with Gasteiger partial charge in [-0.3, -0.25) is 9.69 Å². The number of nitrogens with one attached hydrogen (secondary N) is 1. The number of amides is 2. The standard InChI is InChI=1S/C24H38N4O2/c1-4-12-27-18-21(15-20-16-22(29)10-11-23(20)27)25-24(30)28(14-13-26(2)3)17-19-8-6-5-7-9-19/h5-9,20-21,23H,4,10-18H2,1-3H3,(H,25,30)/t20-,21+,23-/m1/s1. The highest BCUT2D eigenvalue weighted by molar-refractivity contribution is 5.79. The Labute approximate surface area is 181 Å². The van der Waals surface area contributed by atoms with Gasteiger partial charge in [0.25, 0.3) is 0 Å². The first kappa shape index (κ1) is 22.8. The van der Waals surface area contributed by atoms with Crippen LogP contribution in [0.5, 0.6) is 0 Å². The Bertz CT molecular complexity index is 694. The number of hydrogen-bond acceptors (Lipinski definition) is 4. The van der Waals surface area contributed by atoms with Crippen LogP contribution < -0.4 is 5.32 Å². The number of urea groups is 1. The molecule has 3 atom stereocenters. The van der Waals surface area contributed by atoms with E-state index in [2.05, 4.69) is 34.2 Å². The third kappa shape index (κ3) is 6.29. The van der Waals surface area contributed by atoms with Crippen molar-refractivity contribution in [2.45, 2.75) is 57.7 Å². The molecule has 1 aliphatic heterocycles. The molecule has 6 nitrogen and oxygen atoms in total. The number of benzene rings is 1. The molecule has 2 fully saturated rings. The highest BCUT2D eigenvalue weighted by Gasteiger charge is 2.39. The van der Waals surface area contributed by atoms with Crippen LogP contribution in [0.1, 0.15) is 44.6 Å². The van der Waals surface area contributed by atoms with Crippen LogP contribution in [0.3, 0.4) is 0 Å². The van der Waals surface area contributed by atoms with E-state index in [0.29, 0.717) is 43.7 Å². The van der Waals surface area contributed by atoms with Crippen molar-refractivity contribution in [3.8, 4) is 0 Å². The second-order valence-electron chi connectivity index (χ2n) is 9.20. The normalized spacial score (nSPS) is 24.5. The Kier molecular flexibility index (Phi) is 8.28. The average Bonchev–Trinajstić information content (AvgIpc) is 2.71. The van der Waals surface area contributed by atoms with Crippen molar-refractivity contribution in [1.82, 2.24) is 20.0 Å². The predicted octanol–water partition coefficient (Wildman–Crippen LogP) is 2.98. The van der Waals surface area contributed by atoms with Crippen LogP contribution in [0.15, 0.2) is 30.3 Å². The van der Waals surface area contributed by atoms with Gasteiger partial charge in [0.1, 0.15) is 5.78 Å². The maximum Gasteiger partial charge on any atom is 0.318 e. The van der Waals surface area contributed by atoms with E-state index >= 15 is 0 Å². The van der Waals surface area contributed by atoms with Crippen LogP contribution in [-0.4, -0.2) is 78.9 Å². The quantitative estimate of drug-likeness (QED) is 0.711. The van der Waals surface area contributed by atoms with Crippen LogP contribution in [0.4, 0.5) is 4.79 Å². The van der Waals surface area contributed by atoms with Crippen LogP contribution in [0.2, 0.25) is 0 Å². The summed E-state index contributed by atoms with van der Waals surface area (Å²) in [5.41, 5.74) is 1.14. The van der Waals surface area contributed by atoms with Crippen molar-refractivity contribution in [3.63, 3.8) is 0 Å². The van der Waals surface area contributed by atoms with Gasteiger partial charge in [-0.25, -0.2) is 4.79 Å². The summed E-state index contributed by atoms with van der Waals surface area (Å²) in [4.78, 5) is 31.8. The molecule has 0 unspecified atom stereocenters. The first-order chi connectivity index (χ1) is 14.5. The summed E-state index contributed by atoms with van der Waals surface area (Å²) in [6, 6.07) is 10.8. The zero-order valence-corrected chi connectivity index (χ0v) is 18.8. The molecular weight excluding hydrogens is 376 g/mol. The lowest BCUT2D eigenvalue weighted by molar-refractivity contribution is -0.124. The minimum Gasteiger partial charge on any atom is -0.334 e. The van der Waals surface area contributed by atoms with Crippen LogP contribution >= 0.6 is 0 Å². The lowest BCUT2D eigenvalue weighted by Gasteiger charge is -2.47. The van der Waals surface area contributed by atoms with Gasteiger partial charge in [0.2, 0.25) is 0 Å². The van der Waals surface area contributed by atoms with Gasteiger partial charge in [0.05, 0.1) is 0 Å². The Morgan fingerprint density at radius 2 is 1.97 bits per heavy atom. The molecule has 0 radical (unpaired) electrons. The number of rotatable bonds is 8. The number of Topliss-reactive ketones (excluding diaryl/α,β-unsaturated/α-hetero) is 1. The van der Waals surface area contributed by atoms with Crippen molar-refractivity contribution >= 4 is 11.8 Å². The van der Waals surface area contributed by atoms with Crippen LogP contribution in [0, 0.1) is 5.92 Å². The third-order valence-electron chi connectivity index (χ3n) is 6.42. The molecule has 1 aromatic rings. The summed E-state index contributed by atoms with van der Waals surface area (Å²) in [6.45, 7) is 6.25. The van der Waals surface area contributed by atoms with Gasteiger partial charge < -0.3 is 15.1 Å². The largest absolute Gasteiger partial charge is 0.334 e. The van der Waals surface area contributed by atoms with Gasteiger partial charge in [-0.2, -0.15) is 0 Å². The first-order valence-corrected chi connectivity index (χ1v) is 11.5. The molecule has 3 rings (SSSR count). The molecule has 1 heterocycles. The smallest absolute Gasteiger partial charge is 0.318 e. The molecule has 1 aliphatic carbocycles. The molecule has 0 aromatic heterocycles. The summed E-state index contributed by atoms with van der Waals surface area (Å²) in [6.07, 6.45) is 4.38. The fraction of sp³-hybridized carbons (Fsp3) is 0.667. The maximum atomic E-state index is 13.2. The van der Waals surface area contributed by atoms with E-state index in [4.69, 9.17) is 0 Å². The summed E-state index contributed by atoms with van der Waals surface area (Å²) in [5.74, 6) is 0.762. The number of carbonyl (C=O) groups is 2. The minimum atomic E-state index is 0.00253. The molecule has 0 bridgehead atoms. The number of likely N-dealkylation sites (N-methyl/N-ethyl adjacent to an activating group) is 1. The Balaban J connectivity index is 1.66. The first-order valence-electron chi connectivity index (χ1n) is 11.5. The van der Waals surface area contributed by atoms with Crippen LogP contribution in [0.25, 0.3) is 0 Å². The van der Waals surface area contributed by atoms with Crippen LogP contribution in [-0.2, 0) is 11.3 Å². The van der Waals surface area contributed by atoms with Crippen molar-refractivity contribution < 1.29 is 9.59 Å². The van der Waals surface area contributed by atoms with Crippen molar-refractivity contribution in [2.24, 2.45) is 5.92 Å². The van der Waals surface area contributed by atoms with Gasteiger partial charge >= 0.3 is 6.03 Å². The Morgan fingerprint density at radius 3 is 2.67 bits per heavy atom. The second kappa shape index (κ2) is 10.9. The summed E-state index contributed by atoms with van der Waals surface area (Å²) in [5, 5.41) is 3.31. The predicted molar refractivity (Wildman–Crippen MR) is 120 cm³/mol. The molecule has 0 spiro atoms. The van der Waals surface area contributed by atoms with E-state index in [9.17, 15) is 9.59 Å². The van der Waals surface area contributed by atoms with Gasteiger partial charge in [0, 0.05) is 51.1 Å². The van der Waals surface area contributed by atoms with Crippen molar-refractivity contribution in [1.29, 1.82) is 0 Å². The molecular formula is C24H38N4O2. The fourth-order valence-electron chi connectivity index (χ4n) is 4.95. The number of piperidine rings is 1. The van der Waals surface area contributed by atoms with E-state index in [1.54, 1.807) is 0 Å². The molecule has 1 N–H and O–H groups in total. The lowest BCUT2D eigenvalue weighted by Crippen LogP contribution is -2.58. The van der Waals surface area contributed by atoms with E-state index in [0.717, 1.165) is 44.5 Å². The van der Waals surface area contributed by atoms with Gasteiger partial charge in [0.15, 0.2) is 0 Å². The molecule has 1 saturated carbocycles. The van der Waals surface area contributed by atoms with Gasteiger partial charge in [-0.05, 0) is 51.4 Å². The Morgan fingerprint density at radius 1 is 1.20 bits per heavy atom. The van der Waals surface area contributed by atoms with E-state index in [1.807, 2.05) is 37.2 Å². The monoisotopic (exact) mass is 414 g/mol. The van der Waals surface area contributed by atoms with Crippen molar-refractivity contribution in [3.05, 3.63) is 35.9 Å². The molecule has 166 valence electrons. The summed E-state index contributed by atoms with van der Waals surface area (Å²) in [7, 11) is 4.06. The van der Waals surface area contributed by atoms with Crippen molar-refractivity contribution in [2.75, 3.05) is 40.3 Å². The SMILES string of the molecule is CCCN1C[C@@H](NC(=O)N(CCN(C)C)Cc2ccccc2)C[C@@H]2CC(=O)CC[C@H]21. The molecule has 6 heteroatoms. The highest BCUT2D eigenvalue weighted by Crippen LogP contribution is 2.34. The summed E-state index contributed by atoms with van der Waals surface area (Å²) >= 11 is 0. The number of fused-ring (bicyclic) bond motifs is 1. The van der Waals surface area contributed by atoms with E-state index in [1.165, 1.54) is 0 Å². The van der Waals surface area contributed by atoms with E-state index < -0.39 is 0 Å². The average molecular weight is 415 g/mol. The molecule has 1 aromatic carbocycles. The molecule has 2 aliphatic rings. The van der Waals surface area contributed by atoms with Gasteiger partial charge in [-0.15, -0.1) is 0 Å². The second-order valence-corrected chi connectivity index (χ2v) is 9.20. The fourth-order valence-corrected chi connectivity index (χ4v) is 4.95. The molecule has 30 heavy (non-hydrogen) atoms. The maximum absolute atomic E-state index is 13.2. The number of hydrogen-bond donors (Lipinski definition) is 1. The number of likely N-dealkylation sites (tertiary alicyclic amines) is 1. The third-order valence-corrected chi connectivity index (χ3v) is 6.42. The zero-order chi connectivity index (χ0) is 21.5. The minimum absolute atomic E-state index is 0.00253. The lowest BCUT2D eigenvalue weighted by atomic mass is 9.76. The van der Waals surface area contributed by atoms with Gasteiger partial charge in [-0.1, -0.05) is 37.3 Å². The number of carbonyl (C=O) groups excluding carboxylic acids is 2. The number of nitrogens with zero attached hydrogens (tertiary/aromatic N) is 3. The number of ketones is 1. The Hall–Kier alpha value is -1.92. The summed E-state index contributed by atoms with van der Waals surface area (Å²) < 4.78 is 0. The van der Waals surface area contributed by atoms with E-state index in [-0.39, 0.29) is 12.1 Å². The highest BCUT2D eigenvalue weighted by atomic mass is 16.2.